The molecule has 2 unspecified atom stereocenters. The van der Waals surface area contributed by atoms with E-state index >= 15 is 0 Å². The zero-order chi connectivity index (χ0) is 13.3. The summed E-state index contributed by atoms with van der Waals surface area (Å²) >= 11 is 0. The van der Waals surface area contributed by atoms with Crippen molar-refractivity contribution in [3.63, 3.8) is 0 Å². The van der Waals surface area contributed by atoms with Gasteiger partial charge in [0.2, 0.25) is 11.8 Å². The zero-order valence-corrected chi connectivity index (χ0v) is 11.3. The van der Waals surface area contributed by atoms with Gasteiger partial charge in [-0.3, -0.25) is 14.5 Å². The Morgan fingerprint density at radius 1 is 1.17 bits per heavy atom. The van der Waals surface area contributed by atoms with Gasteiger partial charge in [0.1, 0.15) is 0 Å². The van der Waals surface area contributed by atoms with Gasteiger partial charge in [-0.1, -0.05) is 13.8 Å². The molecule has 18 heavy (non-hydrogen) atoms. The molecular formula is C14H23NO3. The predicted molar refractivity (Wildman–Crippen MR) is 67.7 cm³/mol. The number of hydrogen-bond acceptors (Lipinski definition) is 3. The molecule has 4 nitrogen and oxygen atoms in total. The van der Waals surface area contributed by atoms with Crippen LogP contribution in [0.25, 0.3) is 0 Å². The first-order valence-electron chi connectivity index (χ1n) is 7.03. The monoisotopic (exact) mass is 253 g/mol. The van der Waals surface area contributed by atoms with Crippen LogP contribution in [0.3, 0.4) is 0 Å². The lowest BCUT2D eigenvalue weighted by atomic mass is 9.81. The number of imide groups is 1. The molecule has 1 saturated heterocycles. The molecule has 1 aliphatic carbocycles. The number of carbonyl (C=O) groups is 2. The van der Waals surface area contributed by atoms with Crippen LogP contribution in [0.15, 0.2) is 0 Å². The molecule has 4 heteroatoms. The van der Waals surface area contributed by atoms with Crippen LogP contribution in [0.4, 0.5) is 0 Å². The number of piperidine rings is 1. The second-order valence-electron chi connectivity index (χ2n) is 5.83. The van der Waals surface area contributed by atoms with Crippen molar-refractivity contribution in [2.45, 2.75) is 46.0 Å². The second-order valence-corrected chi connectivity index (χ2v) is 5.83. The first-order valence-corrected chi connectivity index (χ1v) is 7.03. The summed E-state index contributed by atoms with van der Waals surface area (Å²) in [5, 5.41) is 9.58. The fourth-order valence-electron chi connectivity index (χ4n) is 3.22. The highest BCUT2D eigenvalue weighted by molar-refractivity contribution is 6.00. The van der Waals surface area contributed by atoms with Crippen LogP contribution in [-0.4, -0.2) is 35.0 Å². The van der Waals surface area contributed by atoms with Crippen molar-refractivity contribution in [2.24, 2.45) is 17.3 Å². The average Bonchev–Trinajstić information content (AvgIpc) is 2.85. The van der Waals surface area contributed by atoms with Crippen LogP contribution < -0.4 is 0 Å². The van der Waals surface area contributed by atoms with Gasteiger partial charge in [0, 0.05) is 23.8 Å². The fourth-order valence-corrected chi connectivity index (χ4v) is 3.22. The minimum Gasteiger partial charge on any atom is -0.396 e. The summed E-state index contributed by atoms with van der Waals surface area (Å²) in [7, 11) is 0. The Bertz CT molecular complexity index is 319. The van der Waals surface area contributed by atoms with Crippen molar-refractivity contribution in [1.82, 2.24) is 4.90 Å². The highest BCUT2D eigenvalue weighted by Gasteiger charge is 2.47. The van der Waals surface area contributed by atoms with E-state index in [1.54, 1.807) is 0 Å². The van der Waals surface area contributed by atoms with Crippen LogP contribution in [0.1, 0.15) is 46.0 Å². The molecule has 2 fully saturated rings. The molecule has 1 heterocycles. The molecule has 2 bridgehead atoms. The van der Waals surface area contributed by atoms with E-state index in [4.69, 9.17) is 0 Å². The predicted octanol–water partition coefficient (Wildman–Crippen LogP) is 1.57. The van der Waals surface area contributed by atoms with Crippen molar-refractivity contribution in [1.29, 1.82) is 0 Å². The number of amides is 2. The maximum absolute atomic E-state index is 12.2. The minimum absolute atomic E-state index is 0.00604. The first kappa shape index (κ1) is 13.5. The summed E-state index contributed by atoms with van der Waals surface area (Å²) in [4.78, 5) is 25.9. The third kappa shape index (κ3) is 2.07. The van der Waals surface area contributed by atoms with Crippen molar-refractivity contribution >= 4 is 11.8 Å². The van der Waals surface area contributed by atoms with Gasteiger partial charge in [0.25, 0.3) is 0 Å². The topological polar surface area (TPSA) is 57.6 Å². The van der Waals surface area contributed by atoms with Gasteiger partial charge in [-0.2, -0.15) is 0 Å². The van der Waals surface area contributed by atoms with Crippen LogP contribution in [0, 0.1) is 17.3 Å². The number of carbonyl (C=O) groups excluding carboxylic acids is 2. The van der Waals surface area contributed by atoms with Crippen molar-refractivity contribution in [2.75, 3.05) is 13.2 Å². The molecule has 0 aromatic heterocycles. The fraction of sp³-hybridized carbons (Fsp3) is 0.857. The van der Waals surface area contributed by atoms with Crippen LogP contribution >= 0.6 is 0 Å². The molecule has 0 radical (unpaired) electrons. The van der Waals surface area contributed by atoms with E-state index < -0.39 is 0 Å². The van der Waals surface area contributed by atoms with Crippen molar-refractivity contribution in [3.8, 4) is 0 Å². The largest absolute Gasteiger partial charge is 0.396 e. The van der Waals surface area contributed by atoms with Gasteiger partial charge in [0.05, 0.1) is 6.61 Å². The SMILES string of the molecule is CCC(CC)(CO)CN1C(=O)C2CCC(C2)C1=O. The van der Waals surface area contributed by atoms with Gasteiger partial charge in [0.15, 0.2) is 0 Å². The Morgan fingerprint density at radius 3 is 2.06 bits per heavy atom. The summed E-state index contributed by atoms with van der Waals surface area (Å²) in [5.74, 6) is 0.0950. The molecule has 1 saturated carbocycles. The quantitative estimate of drug-likeness (QED) is 0.757. The number of likely N-dealkylation sites (tertiary alicyclic amines) is 1. The highest BCUT2D eigenvalue weighted by Crippen LogP contribution is 2.40. The lowest BCUT2D eigenvalue weighted by Gasteiger charge is -2.38. The number of aliphatic hydroxyl groups excluding tert-OH is 1. The summed E-state index contributed by atoms with van der Waals surface area (Å²) in [6.07, 6.45) is 4.03. The lowest BCUT2D eigenvalue weighted by Crippen LogP contribution is -2.51. The molecule has 102 valence electrons. The molecule has 0 spiro atoms. The molecule has 2 atom stereocenters. The Labute approximate surface area is 108 Å². The van der Waals surface area contributed by atoms with E-state index in [0.29, 0.717) is 6.54 Å². The summed E-state index contributed by atoms with van der Waals surface area (Å²) in [6.45, 7) is 4.44. The van der Waals surface area contributed by atoms with Gasteiger partial charge < -0.3 is 5.11 Å². The third-order valence-corrected chi connectivity index (χ3v) is 4.99. The maximum atomic E-state index is 12.2. The second kappa shape index (κ2) is 5.00. The Balaban J connectivity index is 2.17. The number of aliphatic hydroxyl groups is 1. The molecule has 2 amide bonds. The Hall–Kier alpha value is -0.900. The van der Waals surface area contributed by atoms with E-state index in [2.05, 4.69) is 0 Å². The molecule has 0 aromatic rings. The molecule has 2 aliphatic rings. The van der Waals surface area contributed by atoms with E-state index in [1.807, 2.05) is 13.8 Å². The zero-order valence-electron chi connectivity index (χ0n) is 11.3. The van der Waals surface area contributed by atoms with Gasteiger partial charge in [-0.05, 0) is 32.1 Å². The van der Waals surface area contributed by atoms with E-state index in [1.165, 1.54) is 4.90 Å². The molecule has 2 rings (SSSR count). The normalized spacial score (nSPS) is 28.1. The van der Waals surface area contributed by atoms with E-state index in [-0.39, 0.29) is 35.7 Å². The molecular weight excluding hydrogens is 230 g/mol. The summed E-state index contributed by atoms with van der Waals surface area (Å²) in [5.41, 5.74) is -0.317. The van der Waals surface area contributed by atoms with Crippen molar-refractivity contribution in [3.05, 3.63) is 0 Å². The number of hydrogen-bond donors (Lipinski definition) is 1. The van der Waals surface area contributed by atoms with E-state index in [0.717, 1.165) is 32.1 Å². The molecule has 0 aromatic carbocycles. The minimum atomic E-state index is -0.317. The first-order chi connectivity index (χ1) is 8.56. The van der Waals surface area contributed by atoms with Crippen LogP contribution in [0.5, 0.6) is 0 Å². The number of fused-ring (bicyclic) bond motifs is 2. The maximum Gasteiger partial charge on any atom is 0.232 e. The highest BCUT2D eigenvalue weighted by atomic mass is 16.3. The molecule has 1 N–H and O–H groups in total. The van der Waals surface area contributed by atoms with Crippen molar-refractivity contribution < 1.29 is 14.7 Å². The Kier molecular flexibility index (Phi) is 3.76. The summed E-state index contributed by atoms with van der Waals surface area (Å²) < 4.78 is 0. The van der Waals surface area contributed by atoms with E-state index in [9.17, 15) is 14.7 Å². The third-order valence-electron chi connectivity index (χ3n) is 4.99. The lowest BCUT2D eigenvalue weighted by molar-refractivity contribution is -0.155. The smallest absolute Gasteiger partial charge is 0.232 e. The van der Waals surface area contributed by atoms with Crippen LogP contribution in [-0.2, 0) is 9.59 Å². The Morgan fingerprint density at radius 2 is 1.67 bits per heavy atom. The number of nitrogens with zero attached hydrogens (tertiary/aromatic N) is 1. The number of rotatable bonds is 5. The molecule has 1 aliphatic heterocycles. The average molecular weight is 253 g/mol. The van der Waals surface area contributed by atoms with Gasteiger partial charge in [-0.15, -0.1) is 0 Å². The standard InChI is InChI=1S/C14H23NO3/c1-3-14(4-2,9-16)8-15-12(17)10-5-6-11(7-10)13(15)18/h10-11,16H,3-9H2,1-2H3. The summed E-state index contributed by atoms with van der Waals surface area (Å²) in [6, 6.07) is 0. The van der Waals surface area contributed by atoms with Gasteiger partial charge >= 0.3 is 0 Å². The van der Waals surface area contributed by atoms with Gasteiger partial charge in [-0.25, -0.2) is 0 Å². The van der Waals surface area contributed by atoms with Crippen LogP contribution in [0.2, 0.25) is 0 Å².